The molecule has 21 heavy (non-hydrogen) atoms. The standard InChI is InChI=1S/C13H7F6NO/c14-12(15,16)9-4-1-5-10(13(17,18)19)11(9)21-8-3-2-6-20-7-8/h1-7H. The number of aromatic nitrogens is 1. The number of halogens is 6. The molecular formula is C13H7F6NO. The van der Waals surface area contributed by atoms with Gasteiger partial charge >= 0.3 is 12.4 Å². The number of hydrogen-bond acceptors (Lipinski definition) is 2. The van der Waals surface area contributed by atoms with Gasteiger partial charge in [-0.05, 0) is 24.3 Å². The van der Waals surface area contributed by atoms with Gasteiger partial charge in [0, 0.05) is 6.20 Å². The molecule has 112 valence electrons. The topological polar surface area (TPSA) is 22.1 Å². The van der Waals surface area contributed by atoms with Gasteiger partial charge in [0.15, 0.2) is 5.75 Å². The number of pyridine rings is 1. The first kappa shape index (κ1) is 15.1. The van der Waals surface area contributed by atoms with Crippen molar-refractivity contribution in [2.24, 2.45) is 0 Å². The van der Waals surface area contributed by atoms with Gasteiger partial charge in [-0.2, -0.15) is 26.3 Å². The van der Waals surface area contributed by atoms with Crippen molar-refractivity contribution >= 4 is 0 Å². The maximum absolute atomic E-state index is 12.9. The van der Waals surface area contributed by atoms with E-state index < -0.39 is 29.2 Å². The molecule has 0 aliphatic rings. The molecule has 0 saturated carbocycles. The molecule has 2 aromatic rings. The molecule has 2 rings (SSSR count). The third-order valence-electron chi connectivity index (χ3n) is 2.48. The second kappa shape index (κ2) is 5.27. The van der Waals surface area contributed by atoms with Crippen LogP contribution in [0.2, 0.25) is 0 Å². The normalized spacial score (nSPS) is 12.3. The van der Waals surface area contributed by atoms with Crippen molar-refractivity contribution in [3.63, 3.8) is 0 Å². The zero-order valence-electron chi connectivity index (χ0n) is 10.2. The Balaban J connectivity index is 2.59. The lowest BCUT2D eigenvalue weighted by molar-refractivity contribution is -0.144. The van der Waals surface area contributed by atoms with Crippen LogP contribution in [0.15, 0.2) is 42.7 Å². The van der Waals surface area contributed by atoms with Crippen LogP contribution in [0.4, 0.5) is 26.3 Å². The molecule has 0 unspecified atom stereocenters. The molecule has 0 N–H and O–H groups in total. The van der Waals surface area contributed by atoms with E-state index in [1.54, 1.807) is 0 Å². The fourth-order valence-electron chi connectivity index (χ4n) is 1.62. The van der Waals surface area contributed by atoms with E-state index in [4.69, 9.17) is 4.74 Å². The van der Waals surface area contributed by atoms with Crippen LogP contribution in [0.25, 0.3) is 0 Å². The van der Waals surface area contributed by atoms with Crippen LogP contribution in [0.1, 0.15) is 11.1 Å². The predicted octanol–water partition coefficient (Wildman–Crippen LogP) is 4.91. The van der Waals surface area contributed by atoms with E-state index in [0.717, 1.165) is 6.20 Å². The maximum Gasteiger partial charge on any atom is 0.420 e. The molecule has 0 aliphatic heterocycles. The fourth-order valence-corrected chi connectivity index (χ4v) is 1.62. The smallest absolute Gasteiger partial charge is 0.420 e. The molecule has 1 heterocycles. The van der Waals surface area contributed by atoms with Crippen molar-refractivity contribution < 1.29 is 31.1 Å². The molecule has 0 bridgehead atoms. The van der Waals surface area contributed by atoms with Gasteiger partial charge in [-0.1, -0.05) is 6.07 Å². The van der Waals surface area contributed by atoms with Crippen LogP contribution in [0.3, 0.4) is 0 Å². The monoisotopic (exact) mass is 307 g/mol. The number of para-hydroxylation sites is 1. The second-order valence-corrected chi connectivity index (χ2v) is 3.97. The minimum Gasteiger partial charge on any atom is -0.454 e. The minimum atomic E-state index is -4.97. The van der Waals surface area contributed by atoms with Crippen molar-refractivity contribution in [3.8, 4) is 11.5 Å². The third kappa shape index (κ3) is 3.45. The van der Waals surface area contributed by atoms with E-state index in [9.17, 15) is 26.3 Å². The average molecular weight is 307 g/mol. The van der Waals surface area contributed by atoms with Crippen molar-refractivity contribution in [1.29, 1.82) is 0 Å². The Hall–Kier alpha value is -2.25. The zero-order valence-corrected chi connectivity index (χ0v) is 10.2. The Morgan fingerprint density at radius 2 is 1.38 bits per heavy atom. The molecule has 0 radical (unpaired) electrons. The van der Waals surface area contributed by atoms with Crippen LogP contribution >= 0.6 is 0 Å². The lowest BCUT2D eigenvalue weighted by Gasteiger charge is -2.18. The van der Waals surface area contributed by atoms with Gasteiger partial charge in [-0.15, -0.1) is 0 Å². The summed E-state index contributed by atoms with van der Waals surface area (Å²) in [5, 5.41) is 0. The van der Waals surface area contributed by atoms with Gasteiger partial charge in [0.25, 0.3) is 0 Å². The Morgan fingerprint density at radius 3 is 1.81 bits per heavy atom. The van der Waals surface area contributed by atoms with E-state index in [0.29, 0.717) is 18.2 Å². The third-order valence-corrected chi connectivity index (χ3v) is 2.48. The van der Waals surface area contributed by atoms with E-state index in [1.807, 2.05) is 0 Å². The lowest BCUT2D eigenvalue weighted by Crippen LogP contribution is -2.13. The first-order valence-electron chi connectivity index (χ1n) is 5.55. The molecule has 0 fully saturated rings. The van der Waals surface area contributed by atoms with Crippen LogP contribution in [0, 0.1) is 0 Å². The van der Waals surface area contributed by atoms with Crippen molar-refractivity contribution in [2.45, 2.75) is 12.4 Å². The number of rotatable bonds is 2. The second-order valence-electron chi connectivity index (χ2n) is 3.97. The van der Waals surface area contributed by atoms with Crippen molar-refractivity contribution in [2.75, 3.05) is 0 Å². The molecular weight excluding hydrogens is 300 g/mol. The Morgan fingerprint density at radius 1 is 0.810 bits per heavy atom. The number of hydrogen-bond donors (Lipinski definition) is 0. The van der Waals surface area contributed by atoms with Gasteiger partial charge in [0.1, 0.15) is 5.75 Å². The summed E-state index contributed by atoms with van der Waals surface area (Å²) in [6.07, 6.45) is -7.61. The summed E-state index contributed by atoms with van der Waals surface area (Å²) in [4.78, 5) is 3.58. The molecule has 1 aromatic carbocycles. The number of benzene rings is 1. The molecule has 1 aromatic heterocycles. The summed E-state index contributed by atoms with van der Waals surface area (Å²) < 4.78 is 81.9. The zero-order chi connectivity index (χ0) is 15.7. The van der Waals surface area contributed by atoms with Gasteiger partial charge in [-0.25, -0.2) is 0 Å². The molecule has 0 spiro atoms. The maximum atomic E-state index is 12.9. The number of alkyl halides is 6. The summed E-state index contributed by atoms with van der Waals surface area (Å²) in [6.45, 7) is 0. The van der Waals surface area contributed by atoms with Gasteiger partial charge in [-0.3, -0.25) is 4.98 Å². The van der Waals surface area contributed by atoms with E-state index >= 15 is 0 Å². The highest BCUT2D eigenvalue weighted by Gasteiger charge is 2.42. The molecule has 0 atom stereocenters. The van der Waals surface area contributed by atoms with Gasteiger partial charge in [0.05, 0.1) is 17.3 Å². The van der Waals surface area contributed by atoms with E-state index in [1.165, 1.54) is 18.3 Å². The Kier molecular flexibility index (Phi) is 3.80. The van der Waals surface area contributed by atoms with Crippen LogP contribution in [0.5, 0.6) is 11.5 Å². The summed E-state index contributed by atoms with van der Waals surface area (Å²) in [5.74, 6) is -1.51. The average Bonchev–Trinajstić information content (AvgIpc) is 2.37. The van der Waals surface area contributed by atoms with Crippen LogP contribution in [-0.4, -0.2) is 4.98 Å². The Bertz CT molecular complexity index is 589. The fraction of sp³-hybridized carbons (Fsp3) is 0.154. The number of nitrogens with zero attached hydrogens (tertiary/aromatic N) is 1. The number of ether oxygens (including phenoxy) is 1. The molecule has 8 heteroatoms. The highest BCUT2D eigenvalue weighted by Crippen LogP contribution is 2.45. The SMILES string of the molecule is FC(F)(F)c1cccc(C(F)(F)F)c1Oc1cccnc1. The molecule has 0 saturated heterocycles. The summed E-state index contributed by atoms with van der Waals surface area (Å²) in [5.41, 5.74) is -3.00. The molecule has 0 aliphatic carbocycles. The molecule has 2 nitrogen and oxygen atoms in total. The first-order chi connectivity index (χ1) is 9.69. The largest absolute Gasteiger partial charge is 0.454 e. The van der Waals surface area contributed by atoms with Crippen LogP contribution in [-0.2, 0) is 12.4 Å². The summed E-state index contributed by atoms with van der Waals surface area (Å²) in [7, 11) is 0. The highest BCUT2D eigenvalue weighted by molar-refractivity contribution is 5.47. The van der Waals surface area contributed by atoms with Gasteiger partial charge < -0.3 is 4.74 Å². The van der Waals surface area contributed by atoms with E-state index in [2.05, 4.69) is 4.98 Å². The summed E-state index contributed by atoms with van der Waals surface area (Å²) >= 11 is 0. The van der Waals surface area contributed by atoms with Crippen LogP contribution < -0.4 is 4.74 Å². The predicted molar refractivity (Wildman–Crippen MR) is 60.8 cm³/mol. The highest BCUT2D eigenvalue weighted by atomic mass is 19.4. The first-order valence-corrected chi connectivity index (χ1v) is 5.55. The van der Waals surface area contributed by atoms with Gasteiger partial charge in [0.2, 0.25) is 0 Å². The summed E-state index contributed by atoms with van der Waals surface area (Å²) in [6, 6.07) is 4.28. The van der Waals surface area contributed by atoms with Crippen molar-refractivity contribution in [1.82, 2.24) is 4.98 Å². The van der Waals surface area contributed by atoms with E-state index in [-0.39, 0.29) is 5.75 Å². The quantitative estimate of drug-likeness (QED) is 0.735. The Labute approximate surface area is 115 Å². The lowest BCUT2D eigenvalue weighted by atomic mass is 10.1. The van der Waals surface area contributed by atoms with Crippen molar-refractivity contribution in [3.05, 3.63) is 53.9 Å². The molecule has 0 amide bonds. The minimum absolute atomic E-state index is 0.222.